The molecular weight excluding hydrogens is 376 g/mol. The van der Waals surface area contributed by atoms with Gasteiger partial charge in [-0.2, -0.15) is 0 Å². The van der Waals surface area contributed by atoms with Crippen LogP contribution in [-0.4, -0.2) is 40.2 Å². The fourth-order valence-electron chi connectivity index (χ4n) is 2.48. The fraction of sp³-hybridized carbons (Fsp3) is 0.286. The van der Waals surface area contributed by atoms with E-state index in [9.17, 15) is 9.90 Å². The molecular formula is C21H26N2O6. The van der Waals surface area contributed by atoms with E-state index >= 15 is 0 Å². The van der Waals surface area contributed by atoms with Crippen LogP contribution >= 0.6 is 0 Å². The Balaban J connectivity index is 1.75. The van der Waals surface area contributed by atoms with Gasteiger partial charge in [-0.05, 0) is 36.3 Å². The molecule has 0 aliphatic heterocycles. The van der Waals surface area contributed by atoms with Gasteiger partial charge in [0, 0.05) is 0 Å². The van der Waals surface area contributed by atoms with E-state index in [1.54, 1.807) is 12.1 Å². The van der Waals surface area contributed by atoms with E-state index in [-0.39, 0.29) is 13.3 Å². The Bertz CT molecular complexity index is 811. The van der Waals surface area contributed by atoms with Crippen LogP contribution in [0.4, 0.5) is 0 Å². The van der Waals surface area contributed by atoms with E-state index in [2.05, 4.69) is 5.32 Å². The van der Waals surface area contributed by atoms with Crippen LogP contribution < -0.4 is 10.8 Å². The Morgan fingerprint density at radius 2 is 1.90 bits per heavy atom. The number of rotatable bonds is 11. The van der Waals surface area contributed by atoms with E-state index in [0.717, 1.165) is 11.1 Å². The van der Waals surface area contributed by atoms with Gasteiger partial charge in [-0.25, -0.2) is 5.48 Å². The zero-order valence-corrected chi connectivity index (χ0v) is 16.1. The second kappa shape index (κ2) is 11.9. The van der Waals surface area contributed by atoms with Crippen molar-refractivity contribution in [1.82, 2.24) is 10.8 Å². The smallest absolute Gasteiger partial charge is 0.263 e. The lowest BCUT2D eigenvalue weighted by Crippen LogP contribution is -2.50. The summed E-state index contributed by atoms with van der Waals surface area (Å²) in [5, 5.41) is 29.8. The van der Waals surface area contributed by atoms with Crippen LogP contribution in [0, 0.1) is 0 Å². The number of carbonyl (C=O) groups excluding carboxylic acids is 1. The summed E-state index contributed by atoms with van der Waals surface area (Å²) in [6.45, 7) is 1.69. The van der Waals surface area contributed by atoms with Crippen LogP contribution in [0.3, 0.4) is 0 Å². The number of ether oxygens (including phenoxy) is 1. The van der Waals surface area contributed by atoms with Crippen LogP contribution in [0.5, 0.6) is 0 Å². The maximum atomic E-state index is 11.4. The first-order chi connectivity index (χ1) is 14.0. The molecule has 0 saturated heterocycles. The number of carbonyl (C=O) groups is 1. The Morgan fingerprint density at radius 3 is 2.52 bits per heavy atom. The quantitative estimate of drug-likeness (QED) is 0.128. The van der Waals surface area contributed by atoms with Gasteiger partial charge in [0.2, 0.25) is 0 Å². The van der Waals surface area contributed by atoms with Gasteiger partial charge < -0.3 is 19.4 Å². The molecule has 156 valence electrons. The highest BCUT2D eigenvalue weighted by Crippen LogP contribution is 2.11. The molecule has 0 unspecified atom stereocenters. The van der Waals surface area contributed by atoms with Gasteiger partial charge in [-0.1, -0.05) is 42.5 Å². The minimum atomic E-state index is -0.976. The van der Waals surface area contributed by atoms with E-state index in [1.807, 2.05) is 48.6 Å². The average molecular weight is 402 g/mol. The Kier molecular flexibility index (Phi) is 9.29. The monoisotopic (exact) mass is 402 g/mol. The number of allylic oxidation sites excluding steroid dienone is 2. The zero-order valence-electron chi connectivity index (χ0n) is 16.1. The van der Waals surface area contributed by atoms with Crippen LogP contribution in [0.2, 0.25) is 0 Å². The van der Waals surface area contributed by atoms with Crippen molar-refractivity contribution in [3.63, 3.8) is 0 Å². The summed E-state index contributed by atoms with van der Waals surface area (Å²) < 4.78 is 10.8. The number of amides is 1. The van der Waals surface area contributed by atoms with Crippen LogP contribution in [-0.2, 0) is 22.7 Å². The van der Waals surface area contributed by atoms with Crippen molar-refractivity contribution in [1.29, 1.82) is 0 Å². The normalized spacial score (nSPS) is 13.8. The molecule has 0 radical (unpaired) electrons. The number of nitrogens with one attached hydrogen (secondary N) is 2. The Hall–Kier alpha value is -2.75. The molecule has 29 heavy (non-hydrogen) atoms. The maximum Gasteiger partial charge on any atom is 0.263 e. The van der Waals surface area contributed by atoms with Gasteiger partial charge in [-0.15, -0.1) is 0 Å². The molecule has 1 aromatic heterocycles. The highest BCUT2D eigenvalue weighted by Gasteiger charge is 2.22. The summed E-state index contributed by atoms with van der Waals surface area (Å²) in [6.07, 6.45) is 6.51. The largest absolute Gasteiger partial charge is 0.459 e. The highest BCUT2D eigenvalue weighted by atomic mass is 16.5. The SMILES string of the molecule is C[C@@H](O)[C@H](NCOCc1ccc(/C=C/C=C/c2ccc(CO)o2)cc1)C(=O)NO. The van der Waals surface area contributed by atoms with Gasteiger partial charge in [0.25, 0.3) is 5.91 Å². The van der Waals surface area contributed by atoms with Crippen molar-refractivity contribution in [2.75, 3.05) is 6.73 Å². The molecule has 2 aromatic rings. The fourth-order valence-corrected chi connectivity index (χ4v) is 2.48. The van der Waals surface area contributed by atoms with Crippen molar-refractivity contribution in [3.05, 3.63) is 71.2 Å². The molecule has 0 spiro atoms. The third-order valence-electron chi connectivity index (χ3n) is 4.03. The zero-order chi connectivity index (χ0) is 21.1. The lowest BCUT2D eigenvalue weighted by atomic mass is 10.1. The number of hydrogen-bond donors (Lipinski definition) is 5. The first kappa shape index (κ1) is 22.5. The first-order valence-corrected chi connectivity index (χ1v) is 9.10. The summed E-state index contributed by atoms with van der Waals surface area (Å²) in [5.41, 5.74) is 3.47. The molecule has 1 heterocycles. The topological polar surface area (TPSA) is 124 Å². The molecule has 5 N–H and O–H groups in total. The molecule has 8 heteroatoms. The Labute approximate surface area is 169 Å². The van der Waals surface area contributed by atoms with Crippen molar-refractivity contribution < 1.29 is 29.4 Å². The van der Waals surface area contributed by atoms with E-state index in [1.165, 1.54) is 12.4 Å². The Morgan fingerprint density at radius 1 is 1.17 bits per heavy atom. The number of hydroxylamine groups is 1. The number of benzene rings is 1. The third-order valence-corrected chi connectivity index (χ3v) is 4.03. The minimum absolute atomic E-state index is 0.0419. The third kappa shape index (κ3) is 7.65. The number of aliphatic hydroxyl groups is 2. The maximum absolute atomic E-state index is 11.4. The summed E-state index contributed by atoms with van der Waals surface area (Å²) in [5.74, 6) is 0.475. The molecule has 0 aliphatic rings. The van der Waals surface area contributed by atoms with Crippen LogP contribution in [0.25, 0.3) is 12.2 Å². The lowest BCUT2D eigenvalue weighted by molar-refractivity contribution is -0.134. The highest BCUT2D eigenvalue weighted by molar-refractivity contribution is 5.81. The number of furan rings is 1. The lowest BCUT2D eigenvalue weighted by Gasteiger charge is -2.19. The first-order valence-electron chi connectivity index (χ1n) is 9.10. The van der Waals surface area contributed by atoms with Crippen molar-refractivity contribution >= 4 is 18.1 Å². The van der Waals surface area contributed by atoms with Crippen LogP contribution in [0.1, 0.15) is 29.6 Å². The van der Waals surface area contributed by atoms with Crippen LogP contribution in [0.15, 0.2) is 53.0 Å². The molecule has 0 fully saturated rings. The van der Waals surface area contributed by atoms with Gasteiger partial charge in [0.05, 0.1) is 19.4 Å². The molecule has 0 bridgehead atoms. The molecule has 2 rings (SSSR count). The van der Waals surface area contributed by atoms with Crippen molar-refractivity contribution in [2.24, 2.45) is 0 Å². The summed E-state index contributed by atoms with van der Waals surface area (Å²) >= 11 is 0. The van der Waals surface area contributed by atoms with Crippen molar-refractivity contribution in [2.45, 2.75) is 32.3 Å². The average Bonchev–Trinajstić information content (AvgIpc) is 3.19. The van der Waals surface area contributed by atoms with E-state index in [0.29, 0.717) is 18.1 Å². The second-order valence-electron chi connectivity index (χ2n) is 6.31. The van der Waals surface area contributed by atoms with E-state index in [4.69, 9.17) is 19.5 Å². The number of hydrogen-bond acceptors (Lipinski definition) is 7. The summed E-state index contributed by atoms with van der Waals surface area (Å²) in [6, 6.07) is 10.3. The van der Waals surface area contributed by atoms with Crippen molar-refractivity contribution in [3.8, 4) is 0 Å². The molecule has 8 nitrogen and oxygen atoms in total. The number of aliphatic hydroxyl groups excluding tert-OH is 2. The predicted octanol–water partition coefficient (Wildman–Crippen LogP) is 1.82. The molecule has 0 saturated carbocycles. The van der Waals surface area contributed by atoms with Gasteiger partial charge in [0.15, 0.2) is 0 Å². The minimum Gasteiger partial charge on any atom is -0.459 e. The summed E-state index contributed by atoms with van der Waals surface area (Å²) in [7, 11) is 0. The molecule has 1 amide bonds. The molecule has 1 aromatic carbocycles. The second-order valence-corrected chi connectivity index (χ2v) is 6.31. The predicted molar refractivity (Wildman–Crippen MR) is 107 cm³/mol. The van der Waals surface area contributed by atoms with E-state index < -0.39 is 18.1 Å². The molecule has 0 aliphatic carbocycles. The summed E-state index contributed by atoms with van der Waals surface area (Å²) in [4.78, 5) is 11.4. The van der Waals surface area contributed by atoms with Gasteiger partial charge in [-0.3, -0.25) is 15.3 Å². The van der Waals surface area contributed by atoms with Gasteiger partial charge in [0.1, 0.15) is 24.2 Å². The molecule has 2 atom stereocenters. The standard InChI is InChI=1S/C21H26N2O6/c1-15(25)20(21(26)23-27)22-14-28-13-17-8-6-16(7-9-17)4-2-3-5-18-10-11-19(12-24)29-18/h2-11,15,20,22,24-25,27H,12-14H2,1H3,(H,23,26)/b4-2+,5-3+/t15-,20+/m1/s1. The van der Waals surface area contributed by atoms with Gasteiger partial charge >= 0.3 is 0 Å².